The van der Waals surface area contributed by atoms with Gasteiger partial charge in [-0.1, -0.05) is 24.3 Å². The normalized spacial score (nSPS) is 10.6. The second-order valence-corrected chi connectivity index (χ2v) is 7.06. The van der Waals surface area contributed by atoms with Crippen molar-refractivity contribution < 1.29 is 18.3 Å². The van der Waals surface area contributed by atoms with E-state index in [-0.39, 0.29) is 18.3 Å². The molecule has 1 amide bonds. The molecule has 0 atom stereocenters. The van der Waals surface area contributed by atoms with E-state index in [4.69, 9.17) is 9.15 Å². The maximum atomic E-state index is 13.3. The van der Waals surface area contributed by atoms with E-state index in [9.17, 15) is 9.18 Å². The van der Waals surface area contributed by atoms with Gasteiger partial charge < -0.3 is 14.1 Å². The number of rotatable bonds is 8. The molecule has 2 aromatic heterocycles. The van der Waals surface area contributed by atoms with Gasteiger partial charge in [0, 0.05) is 25.5 Å². The van der Waals surface area contributed by atoms with Crippen molar-refractivity contribution in [3.8, 4) is 5.75 Å². The van der Waals surface area contributed by atoms with Crippen LogP contribution in [0.3, 0.4) is 0 Å². The highest BCUT2D eigenvalue weighted by Crippen LogP contribution is 2.18. The number of nitrogens with zero attached hydrogens (tertiary/aromatic N) is 2. The Morgan fingerprint density at radius 3 is 2.32 bits per heavy atom. The summed E-state index contributed by atoms with van der Waals surface area (Å²) in [6.45, 7) is 1.12. The molecule has 0 fully saturated rings. The number of carbonyl (C=O) groups excluding carboxylic acids is 1. The monoisotopic (exact) mass is 416 g/mol. The molecule has 4 rings (SSSR count). The Kier molecular flexibility index (Phi) is 6.38. The number of halogens is 1. The third-order valence-electron chi connectivity index (χ3n) is 4.73. The fourth-order valence-corrected chi connectivity index (χ4v) is 3.17. The van der Waals surface area contributed by atoms with Crippen molar-refractivity contribution >= 4 is 5.91 Å². The zero-order valence-electron chi connectivity index (χ0n) is 16.8. The highest BCUT2D eigenvalue weighted by molar-refractivity contribution is 5.91. The topological polar surface area (TPSA) is 55.6 Å². The minimum absolute atomic E-state index is 0.187. The molecule has 6 heteroatoms. The average Bonchev–Trinajstić information content (AvgIpc) is 3.33. The zero-order chi connectivity index (χ0) is 21.5. The molecule has 31 heavy (non-hydrogen) atoms. The average molecular weight is 416 g/mol. The molecule has 0 saturated carbocycles. The number of pyridine rings is 1. The van der Waals surface area contributed by atoms with Crippen molar-refractivity contribution in [1.29, 1.82) is 0 Å². The van der Waals surface area contributed by atoms with Gasteiger partial charge in [0.1, 0.15) is 18.2 Å². The van der Waals surface area contributed by atoms with E-state index in [1.807, 2.05) is 42.5 Å². The predicted octanol–water partition coefficient (Wildman–Crippen LogP) is 5.24. The van der Waals surface area contributed by atoms with Crippen molar-refractivity contribution in [3.05, 3.63) is 120 Å². The summed E-state index contributed by atoms with van der Waals surface area (Å²) >= 11 is 0. The maximum absolute atomic E-state index is 13.3. The lowest BCUT2D eigenvalue weighted by molar-refractivity contribution is 0.0697. The summed E-state index contributed by atoms with van der Waals surface area (Å²) in [6, 6.07) is 21.0. The van der Waals surface area contributed by atoms with Crippen LogP contribution in [0.1, 0.15) is 27.2 Å². The van der Waals surface area contributed by atoms with Gasteiger partial charge in [0.2, 0.25) is 0 Å². The van der Waals surface area contributed by atoms with Gasteiger partial charge in [0.25, 0.3) is 5.91 Å². The van der Waals surface area contributed by atoms with Gasteiger partial charge in [0.05, 0.1) is 6.26 Å². The minimum Gasteiger partial charge on any atom is -0.489 e. The fourth-order valence-electron chi connectivity index (χ4n) is 3.17. The van der Waals surface area contributed by atoms with Crippen LogP contribution in [-0.2, 0) is 19.7 Å². The third-order valence-corrected chi connectivity index (χ3v) is 4.73. The number of benzene rings is 2. The van der Waals surface area contributed by atoms with Gasteiger partial charge in [-0.3, -0.25) is 9.78 Å². The molecule has 2 aromatic carbocycles. The van der Waals surface area contributed by atoms with Gasteiger partial charge in [-0.25, -0.2) is 4.39 Å². The second kappa shape index (κ2) is 9.71. The number of hydrogen-bond donors (Lipinski definition) is 0. The molecule has 0 aliphatic carbocycles. The number of carbonyl (C=O) groups is 1. The summed E-state index contributed by atoms with van der Waals surface area (Å²) < 4.78 is 24.3. The third kappa shape index (κ3) is 5.57. The molecular weight excluding hydrogens is 395 g/mol. The van der Waals surface area contributed by atoms with Gasteiger partial charge in [-0.15, -0.1) is 0 Å². The predicted molar refractivity (Wildman–Crippen MR) is 114 cm³/mol. The molecule has 0 unspecified atom stereocenters. The molecule has 0 aliphatic heterocycles. The van der Waals surface area contributed by atoms with Crippen LogP contribution in [0.4, 0.5) is 4.39 Å². The van der Waals surface area contributed by atoms with E-state index in [0.29, 0.717) is 24.6 Å². The summed E-state index contributed by atoms with van der Waals surface area (Å²) in [5.41, 5.74) is 2.69. The van der Waals surface area contributed by atoms with Crippen LogP contribution in [0.25, 0.3) is 0 Å². The van der Waals surface area contributed by atoms with Crippen LogP contribution in [0.5, 0.6) is 5.75 Å². The van der Waals surface area contributed by atoms with Crippen LogP contribution in [0, 0.1) is 5.82 Å². The summed E-state index contributed by atoms with van der Waals surface area (Å²) in [7, 11) is 0. The Morgan fingerprint density at radius 1 is 0.903 bits per heavy atom. The SMILES string of the molecule is O=C(c1ccco1)N(Cc1ccncc1)Cc1ccc(OCc2cccc(F)c2)cc1. The Balaban J connectivity index is 1.44. The summed E-state index contributed by atoms with van der Waals surface area (Å²) in [5.74, 6) is 0.496. The quantitative estimate of drug-likeness (QED) is 0.394. The summed E-state index contributed by atoms with van der Waals surface area (Å²) in [6.07, 6.45) is 4.90. The largest absolute Gasteiger partial charge is 0.489 e. The number of furan rings is 1. The minimum atomic E-state index is -0.285. The number of ether oxygens (including phenoxy) is 1. The van der Waals surface area contributed by atoms with Gasteiger partial charge in [0.15, 0.2) is 5.76 Å². The van der Waals surface area contributed by atoms with Gasteiger partial charge in [-0.2, -0.15) is 0 Å². The van der Waals surface area contributed by atoms with Gasteiger partial charge >= 0.3 is 0 Å². The lowest BCUT2D eigenvalue weighted by Gasteiger charge is -2.22. The first kappa shape index (κ1) is 20.3. The lowest BCUT2D eigenvalue weighted by Crippen LogP contribution is -2.29. The highest BCUT2D eigenvalue weighted by Gasteiger charge is 2.19. The van der Waals surface area contributed by atoms with Crippen molar-refractivity contribution in [3.63, 3.8) is 0 Å². The first-order valence-corrected chi connectivity index (χ1v) is 9.85. The molecule has 4 aromatic rings. The smallest absolute Gasteiger partial charge is 0.290 e. The number of aromatic nitrogens is 1. The summed E-state index contributed by atoms with van der Waals surface area (Å²) in [5, 5.41) is 0. The van der Waals surface area contributed by atoms with Crippen molar-refractivity contribution in [1.82, 2.24) is 9.88 Å². The second-order valence-electron chi connectivity index (χ2n) is 7.06. The van der Waals surface area contributed by atoms with Crippen molar-refractivity contribution in [2.24, 2.45) is 0 Å². The Labute approximate surface area is 179 Å². The molecule has 0 spiro atoms. The van der Waals surface area contributed by atoms with Gasteiger partial charge in [-0.05, 0) is 65.2 Å². The van der Waals surface area contributed by atoms with Crippen LogP contribution in [0.15, 0.2) is 95.9 Å². The Morgan fingerprint density at radius 2 is 1.65 bits per heavy atom. The molecular formula is C25H21FN2O3. The van der Waals surface area contributed by atoms with E-state index < -0.39 is 0 Å². The number of hydrogen-bond acceptors (Lipinski definition) is 4. The van der Waals surface area contributed by atoms with Crippen LogP contribution >= 0.6 is 0 Å². The molecule has 0 aliphatic rings. The molecule has 5 nitrogen and oxygen atoms in total. The molecule has 0 radical (unpaired) electrons. The van der Waals surface area contributed by atoms with E-state index in [2.05, 4.69) is 4.98 Å². The molecule has 2 heterocycles. The standard InChI is InChI=1S/C25H21FN2O3/c26-22-4-1-3-21(15-22)18-31-23-8-6-19(7-9-23)16-28(17-20-10-12-27-13-11-20)25(29)24-5-2-14-30-24/h1-15H,16-18H2. The molecule has 0 saturated heterocycles. The first-order valence-electron chi connectivity index (χ1n) is 9.85. The van der Waals surface area contributed by atoms with E-state index in [1.165, 1.54) is 18.4 Å². The highest BCUT2D eigenvalue weighted by atomic mass is 19.1. The van der Waals surface area contributed by atoms with Crippen molar-refractivity contribution in [2.75, 3.05) is 0 Å². The van der Waals surface area contributed by atoms with Crippen LogP contribution in [-0.4, -0.2) is 15.8 Å². The van der Waals surface area contributed by atoms with E-state index in [1.54, 1.807) is 35.5 Å². The Hall–Kier alpha value is -3.93. The zero-order valence-corrected chi connectivity index (χ0v) is 16.8. The molecule has 0 bridgehead atoms. The summed E-state index contributed by atoms with van der Waals surface area (Å²) in [4.78, 5) is 18.7. The first-order chi connectivity index (χ1) is 15.2. The molecule has 0 N–H and O–H groups in total. The maximum Gasteiger partial charge on any atom is 0.290 e. The van der Waals surface area contributed by atoms with Crippen LogP contribution in [0.2, 0.25) is 0 Å². The van der Waals surface area contributed by atoms with Crippen LogP contribution < -0.4 is 4.74 Å². The lowest BCUT2D eigenvalue weighted by atomic mass is 10.1. The van der Waals surface area contributed by atoms with Crippen molar-refractivity contribution in [2.45, 2.75) is 19.7 Å². The van der Waals surface area contributed by atoms with E-state index >= 15 is 0 Å². The Bertz CT molecular complexity index is 1110. The number of amides is 1. The molecule has 156 valence electrons. The van der Waals surface area contributed by atoms with E-state index in [0.717, 1.165) is 16.7 Å². The fraction of sp³-hybridized carbons (Fsp3) is 0.120.